The summed E-state index contributed by atoms with van der Waals surface area (Å²) in [5, 5.41) is 7.54. The van der Waals surface area contributed by atoms with E-state index in [0.717, 1.165) is 29.0 Å². The van der Waals surface area contributed by atoms with Gasteiger partial charge in [-0.3, -0.25) is 9.48 Å². The van der Waals surface area contributed by atoms with Crippen LogP contribution in [0.25, 0.3) is 11.3 Å². The first-order valence-corrected chi connectivity index (χ1v) is 11.2. The summed E-state index contributed by atoms with van der Waals surface area (Å²) in [5.74, 6) is -0.438. The molecule has 7 nitrogen and oxygen atoms in total. The van der Waals surface area contributed by atoms with Crippen LogP contribution in [-0.4, -0.2) is 33.2 Å². The Morgan fingerprint density at radius 2 is 1.80 bits per heavy atom. The fraction of sp³-hybridized carbons (Fsp3) is 0.320. The fourth-order valence-electron chi connectivity index (χ4n) is 4.41. The lowest BCUT2D eigenvalue weighted by Crippen LogP contribution is -2.44. The predicted octanol–water partition coefficient (Wildman–Crippen LogP) is 4.18. The van der Waals surface area contributed by atoms with Crippen molar-refractivity contribution < 1.29 is 22.8 Å². The number of fused-ring (bicyclic) bond motifs is 1. The molecule has 1 atom stereocenters. The number of nitrogens with two attached hydrogens (primary N) is 1. The maximum absolute atomic E-state index is 13.1. The molecular weight excluding hydrogens is 459 g/mol. The summed E-state index contributed by atoms with van der Waals surface area (Å²) in [6.07, 6.45) is -3.36. The van der Waals surface area contributed by atoms with Crippen LogP contribution >= 0.6 is 0 Å². The number of aryl methyl sites for hydroxylation is 1. The highest BCUT2D eigenvalue weighted by Crippen LogP contribution is 2.34. The summed E-state index contributed by atoms with van der Waals surface area (Å²) in [6.45, 7) is 0.697. The number of aromatic nitrogens is 2. The average molecular weight is 486 g/mol. The second kappa shape index (κ2) is 9.81. The summed E-state index contributed by atoms with van der Waals surface area (Å²) in [7, 11) is 1.74. The van der Waals surface area contributed by atoms with E-state index in [1.54, 1.807) is 16.6 Å². The number of amides is 3. The van der Waals surface area contributed by atoms with Gasteiger partial charge in [0, 0.05) is 31.1 Å². The number of hydrogen-bond acceptors (Lipinski definition) is 3. The van der Waals surface area contributed by atoms with Crippen LogP contribution in [0.15, 0.2) is 54.6 Å². The first-order valence-electron chi connectivity index (χ1n) is 11.2. The first-order chi connectivity index (χ1) is 16.6. The van der Waals surface area contributed by atoms with Gasteiger partial charge < -0.3 is 16.0 Å². The van der Waals surface area contributed by atoms with Gasteiger partial charge in [0.2, 0.25) is 5.91 Å². The molecule has 3 amide bonds. The van der Waals surface area contributed by atoms with E-state index in [4.69, 9.17) is 5.73 Å². The Morgan fingerprint density at radius 3 is 2.43 bits per heavy atom. The molecule has 4 rings (SSSR count). The van der Waals surface area contributed by atoms with Gasteiger partial charge in [-0.2, -0.15) is 18.3 Å². The van der Waals surface area contributed by atoms with Crippen molar-refractivity contribution in [3.63, 3.8) is 0 Å². The van der Waals surface area contributed by atoms with Gasteiger partial charge in [0.05, 0.1) is 29.5 Å². The lowest BCUT2D eigenvalue weighted by molar-refractivity contribution is -0.137. The van der Waals surface area contributed by atoms with E-state index in [9.17, 15) is 22.8 Å². The number of halogens is 3. The number of primary amides is 1. The van der Waals surface area contributed by atoms with Gasteiger partial charge in [0.15, 0.2) is 0 Å². The average Bonchev–Trinajstić information content (AvgIpc) is 3.16. The first kappa shape index (κ1) is 24.3. The predicted molar refractivity (Wildman–Crippen MR) is 124 cm³/mol. The summed E-state index contributed by atoms with van der Waals surface area (Å²) >= 11 is 0. The fourth-order valence-corrected chi connectivity index (χ4v) is 4.41. The van der Waals surface area contributed by atoms with Crippen molar-refractivity contribution in [3.8, 4) is 11.3 Å². The molecule has 3 aromatic rings. The van der Waals surface area contributed by atoms with E-state index in [1.165, 1.54) is 12.1 Å². The topological polar surface area (TPSA) is 93.2 Å². The van der Waals surface area contributed by atoms with E-state index >= 15 is 0 Å². The molecule has 2 heterocycles. The van der Waals surface area contributed by atoms with Gasteiger partial charge in [-0.25, -0.2) is 4.79 Å². The van der Waals surface area contributed by atoms with Gasteiger partial charge in [0.1, 0.15) is 0 Å². The standard InChI is InChI=1S/C25H26F3N5O2/c1-32-23(17-7-9-18(10-8-17)25(26,27)28)19-13-14-33(15-21(19)31-32)24(35)30-20(11-12-22(29)34)16-5-3-2-4-6-16/h2-10,20H,11-15H2,1H3,(H2,29,34)(H,30,35)/t20-/m0/s1. The minimum absolute atomic E-state index is 0.140. The van der Waals surface area contributed by atoms with Gasteiger partial charge >= 0.3 is 12.2 Å². The van der Waals surface area contributed by atoms with Crippen LogP contribution in [0, 0.1) is 0 Å². The summed E-state index contributed by atoms with van der Waals surface area (Å²) in [6, 6.07) is 13.7. The molecule has 0 saturated heterocycles. The molecule has 0 spiro atoms. The molecule has 3 N–H and O–H groups in total. The SMILES string of the molecule is Cn1nc2c(c1-c1ccc(C(F)(F)F)cc1)CCN(C(=O)N[C@@H](CCC(N)=O)c1ccccc1)C2. The number of alkyl halides is 3. The second-order valence-corrected chi connectivity index (χ2v) is 8.56. The molecule has 2 aromatic carbocycles. The Balaban J connectivity index is 1.50. The Kier molecular flexibility index (Phi) is 6.81. The molecule has 1 aromatic heterocycles. The Labute approximate surface area is 200 Å². The van der Waals surface area contributed by atoms with Crippen molar-refractivity contribution >= 4 is 11.9 Å². The lowest BCUT2D eigenvalue weighted by atomic mass is 9.99. The van der Waals surface area contributed by atoms with Crippen molar-refractivity contribution in [2.45, 2.75) is 38.0 Å². The number of benzene rings is 2. The molecule has 0 unspecified atom stereocenters. The van der Waals surface area contributed by atoms with E-state index in [0.29, 0.717) is 30.6 Å². The van der Waals surface area contributed by atoms with Gasteiger partial charge in [0.25, 0.3) is 0 Å². The number of nitrogens with one attached hydrogen (secondary N) is 1. The van der Waals surface area contributed by atoms with Crippen molar-refractivity contribution in [2.24, 2.45) is 12.8 Å². The van der Waals surface area contributed by atoms with Crippen LogP contribution in [-0.2, 0) is 31.0 Å². The van der Waals surface area contributed by atoms with Gasteiger partial charge in [-0.1, -0.05) is 42.5 Å². The largest absolute Gasteiger partial charge is 0.416 e. The number of urea groups is 1. The van der Waals surface area contributed by atoms with Crippen molar-refractivity contribution in [1.82, 2.24) is 20.0 Å². The molecule has 0 aliphatic carbocycles. The second-order valence-electron chi connectivity index (χ2n) is 8.56. The molecule has 0 saturated carbocycles. The molecule has 184 valence electrons. The summed E-state index contributed by atoms with van der Waals surface area (Å²) < 4.78 is 40.5. The zero-order valence-electron chi connectivity index (χ0n) is 19.2. The van der Waals surface area contributed by atoms with Gasteiger partial charge in [-0.05, 0) is 30.5 Å². The molecule has 10 heteroatoms. The van der Waals surface area contributed by atoms with Crippen LogP contribution < -0.4 is 11.1 Å². The zero-order valence-corrected chi connectivity index (χ0v) is 19.2. The number of carbonyl (C=O) groups is 2. The third-order valence-corrected chi connectivity index (χ3v) is 6.15. The molecule has 0 fully saturated rings. The molecule has 1 aliphatic heterocycles. The highest BCUT2D eigenvalue weighted by molar-refractivity contribution is 5.76. The summed E-state index contributed by atoms with van der Waals surface area (Å²) in [4.78, 5) is 26.0. The van der Waals surface area contributed by atoms with Crippen LogP contribution in [0.2, 0.25) is 0 Å². The normalized spacial score (nSPS) is 14.3. The van der Waals surface area contributed by atoms with Crippen LogP contribution in [0.1, 0.15) is 41.3 Å². The minimum Gasteiger partial charge on any atom is -0.370 e. The smallest absolute Gasteiger partial charge is 0.370 e. The Hall–Kier alpha value is -3.82. The minimum atomic E-state index is -4.40. The molecule has 0 bridgehead atoms. The Morgan fingerprint density at radius 1 is 1.11 bits per heavy atom. The number of nitrogens with zero attached hydrogens (tertiary/aromatic N) is 3. The van der Waals surface area contributed by atoms with E-state index in [1.807, 2.05) is 30.3 Å². The number of carbonyl (C=O) groups excluding carboxylic acids is 2. The van der Waals surface area contributed by atoms with E-state index < -0.39 is 17.6 Å². The summed E-state index contributed by atoms with van der Waals surface area (Å²) in [5.41, 5.74) is 8.50. The van der Waals surface area contributed by atoms with Crippen LogP contribution in [0.5, 0.6) is 0 Å². The molecule has 0 radical (unpaired) electrons. The van der Waals surface area contributed by atoms with Crippen LogP contribution in [0.3, 0.4) is 0 Å². The third kappa shape index (κ3) is 5.47. The monoisotopic (exact) mass is 485 g/mol. The highest BCUT2D eigenvalue weighted by Gasteiger charge is 2.31. The number of hydrogen-bond donors (Lipinski definition) is 2. The zero-order chi connectivity index (χ0) is 25.2. The molecule has 1 aliphatic rings. The maximum Gasteiger partial charge on any atom is 0.416 e. The third-order valence-electron chi connectivity index (χ3n) is 6.15. The molecule has 35 heavy (non-hydrogen) atoms. The highest BCUT2D eigenvalue weighted by atomic mass is 19.4. The molecular formula is C25H26F3N5O2. The van der Waals surface area contributed by atoms with Crippen molar-refractivity contribution in [3.05, 3.63) is 77.0 Å². The Bertz CT molecular complexity index is 1210. The lowest BCUT2D eigenvalue weighted by Gasteiger charge is -2.29. The van der Waals surface area contributed by atoms with E-state index in [-0.39, 0.29) is 25.0 Å². The van der Waals surface area contributed by atoms with Crippen molar-refractivity contribution in [2.75, 3.05) is 6.54 Å². The maximum atomic E-state index is 13.1. The van der Waals surface area contributed by atoms with Crippen molar-refractivity contribution in [1.29, 1.82) is 0 Å². The van der Waals surface area contributed by atoms with E-state index in [2.05, 4.69) is 10.4 Å². The number of rotatable bonds is 6. The quantitative estimate of drug-likeness (QED) is 0.549. The van der Waals surface area contributed by atoms with Gasteiger partial charge in [-0.15, -0.1) is 0 Å². The van der Waals surface area contributed by atoms with Crippen LogP contribution in [0.4, 0.5) is 18.0 Å².